The second-order valence-electron chi connectivity index (χ2n) is 6.99. The molecule has 1 aromatic carbocycles. The summed E-state index contributed by atoms with van der Waals surface area (Å²) < 4.78 is 18.7. The third-order valence-corrected chi connectivity index (χ3v) is 5.53. The fourth-order valence-corrected chi connectivity index (χ4v) is 4.20. The van der Waals surface area contributed by atoms with Gasteiger partial charge in [0, 0.05) is 43.9 Å². The van der Waals surface area contributed by atoms with Crippen molar-refractivity contribution in [1.82, 2.24) is 9.80 Å². The van der Waals surface area contributed by atoms with Crippen molar-refractivity contribution in [3.63, 3.8) is 0 Å². The molecule has 0 amide bonds. The van der Waals surface area contributed by atoms with Gasteiger partial charge in [0.25, 0.3) is 0 Å². The van der Waals surface area contributed by atoms with Crippen molar-refractivity contribution in [3.8, 4) is 5.75 Å². The van der Waals surface area contributed by atoms with Crippen molar-refractivity contribution in [2.75, 3.05) is 33.3 Å². The van der Waals surface area contributed by atoms with E-state index in [1.54, 1.807) is 0 Å². The van der Waals surface area contributed by atoms with E-state index < -0.39 is 17.8 Å². The van der Waals surface area contributed by atoms with Gasteiger partial charge < -0.3 is 9.84 Å². The number of carboxylic acids is 1. The Hall–Kier alpha value is -1.66. The lowest BCUT2D eigenvalue weighted by Crippen LogP contribution is -2.52. The van der Waals surface area contributed by atoms with Gasteiger partial charge in [-0.1, -0.05) is 25.3 Å². The molecular formula is C19H27FN2O3. The minimum Gasteiger partial charge on any atom is -0.496 e. The van der Waals surface area contributed by atoms with Crippen LogP contribution in [0.25, 0.3) is 0 Å². The standard InChI is InChI=1S/C19H27FN2O3/c1-25-17-13-14(20)7-8-16(17)18(19(23)24)22-11-9-21(10-12-22)15-5-3-2-4-6-15/h7-8,13,15,18H,2-6,9-12H2,1H3,(H,23,24)/t18-/m0/s1. The van der Waals surface area contributed by atoms with E-state index >= 15 is 0 Å². The van der Waals surface area contributed by atoms with Gasteiger partial charge in [-0.15, -0.1) is 0 Å². The highest BCUT2D eigenvalue weighted by Crippen LogP contribution is 2.32. The molecule has 5 nitrogen and oxygen atoms in total. The van der Waals surface area contributed by atoms with Crippen molar-refractivity contribution in [1.29, 1.82) is 0 Å². The van der Waals surface area contributed by atoms with Crippen LogP contribution < -0.4 is 4.74 Å². The number of piperazine rings is 1. The molecule has 0 aromatic heterocycles. The molecule has 0 bridgehead atoms. The zero-order valence-electron chi connectivity index (χ0n) is 14.8. The third-order valence-electron chi connectivity index (χ3n) is 5.53. The first kappa shape index (κ1) is 18.1. The molecular weight excluding hydrogens is 323 g/mol. The summed E-state index contributed by atoms with van der Waals surface area (Å²) in [5.41, 5.74) is 0.516. The average Bonchev–Trinajstić information content (AvgIpc) is 2.64. The van der Waals surface area contributed by atoms with Crippen molar-refractivity contribution >= 4 is 5.97 Å². The van der Waals surface area contributed by atoms with Crippen molar-refractivity contribution < 1.29 is 19.0 Å². The Morgan fingerprint density at radius 1 is 1.20 bits per heavy atom. The number of aliphatic carboxylic acids is 1. The Balaban J connectivity index is 1.71. The molecule has 2 aliphatic rings. The lowest BCUT2D eigenvalue weighted by atomic mass is 9.93. The van der Waals surface area contributed by atoms with Crippen LogP contribution in [0.4, 0.5) is 4.39 Å². The van der Waals surface area contributed by atoms with E-state index in [9.17, 15) is 14.3 Å². The van der Waals surface area contributed by atoms with Gasteiger partial charge in [-0.25, -0.2) is 4.39 Å². The topological polar surface area (TPSA) is 53.0 Å². The second kappa shape index (κ2) is 8.15. The minimum atomic E-state index is -0.920. The molecule has 1 aliphatic carbocycles. The molecule has 1 saturated carbocycles. The average molecular weight is 350 g/mol. The molecule has 6 heteroatoms. The van der Waals surface area contributed by atoms with Gasteiger partial charge in [0.05, 0.1) is 7.11 Å². The van der Waals surface area contributed by atoms with Crippen LogP contribution in [0.5, 0.6) is 5.75 Å². The molecule has 1 aromatic rings. The molecule has 1 aliphatic heterocycles. The summed E-state index contributed by atoms with van der Waals surface area (Å²) >= 11 is 0. The Morgan fingerprint density at radius 3 is 2.48 bits per heavy atom. The Bertz CT molecular complexity index is 596. The molecule has 2 fully saturated rings. The van der Waals surface area contributed by atoms with Crippen LogP contribution in [-0.2, 0) is 4.79 Å². The van der Waals surface area contributed by atoms with E-state index in [4.69, 9.17) is 4.74 Å². The van der Waals surface area contributed by atoms with Crippen LogP contribution >= 0.6 is 0 Å². The summed E-state index contributed by atoms with van der Waals surface area (Å²) in [7, 11) is 1.44. The monoisotopic (exact) mass is 350 g/mol. The molecule has 1 atom stereocenters. The SMILES string of the molecule is COc1cc(F)ccc1[C@@H](C(=O)O)N1CCN(C2CCCCC2)CC1. The second-order valence-corrected chi connectivity index (χ2v) is 6.99. The van der Waals surface area contributed by atoms with E-state index in [1.165, 1.54) is 57.4 Å². The van der Waals surface area contributed by atoms with Crippen LogP contribution in [0.2, 0.25) is 0 Å². The summed E-state index contributed by atoms with van der Waals surface area (Å²) in [5, 5.41) is 9.78. The molecule has 0 radical (unpaired) electrons. The lowest BCUT2D eigenvalue weighted by molar-refractivity contribution is -0.144. The number of rotatable bonds is 5. The summed E-state index contributed by atoms with van der Waals surface area (Å²) in [4.78, 5) is 16.4. The summed E-state index contributed by atoms with van der Waals surface area (Å²) in [5.74, 6) is -1.05. The maximum Gasteiger partial charge on any atom is 0.325 e. The van der Waals surface area contributed by atoms with Crippen molar-refractivity contribution in [3.05, 3.63) is 29.6 Å². The van der Waals surface area contributed by atoms with Gasteiger partial charge in [-0.05, 0) is 18.9 Å². The van der Waals surface area contributed by atoms with Crippen LogP contribution in [0, 0.1) is 5.82 Å². The van der Waals surface area contributed by atoms with E-state index in [0.29, 0.717) is 30.4 Å². The van der Waals surface area contributed by atoms with E-state index in [-0.39, 0.29) is 0 Å². The van der Waals surface area contributed by atoms with E-state index in [2.05, 4.69) is 4.90 Å². The molecule has 0 spiro atoms. The third kappa shape index (κ3) is 4.12. The molecule has 138 valence electrons. The quantitative estimate of drug-likeness (QED) is 0.885. The van der Waals surface area contributed by atoms with E-state index in [0.717, 1.165) is 13.1 Å². The van der Waals surface area contributed by atoms with Gasteiger partial charge in [-0.2, -0.15) is 0 Å². The highest BCUT2D eigenvalue weighted by Gasteiger charge is 2.34. The van der Waals surface area contributed by atoms with Gasteiger partial charge in [0.1, 0.15) is 17.6 Å². The normalized spacial score (nSPS) is 21.8. The molecule has 1 N–H and O–H groups in total. The number of carbonyl (C=O) groups is 1. The predicted octanol–water partition coefficient (Wildman–Crippen LogP) is 2.91. The number of carboxylic acid groups (broad SMARTS) is 1. The van der Waals surface area contributed by atoms with Gasteiger partial charge in [0.15, 0.2) is 0 Å². The Kier molecular flexibility index (Phi) is 5.91. The first-order valence-corrected chi connectivity index (χ1v) is 9.14. The van der Waals surface area contributed by atoms with Crippen LogP contribution in [0.3, 0.4) is 0 Å². The van der Waals surface area contributed by atoms with Crippen molar-refractivity contribution in [2.24, 2.45) is 0 Å². The highest BCUT2D eigenvalue weighted by atomic mass is 19.1. The van der Waals surface area contributed by atoms with Gasteiger partial charge in [-0.3, -0.25) is 14.6 Å². The number of methoxy groups -OCH3 is 1. The summed E-state index contributed by atoms with van der Waals surface area (Å²) in [6.07, 6.45) is 6.45. The highest BCUT2D eigenvalue weighted by molar-refractivity contribution is 5.76. The van der Waals surface area contributed by atoms with Gasteiger partial charge in [0.2, 0.25) is 0 Å². The molecule has 0 unspecified atom stereocenters. The summed E-state index contributed by atoms with van der Waals surface area (Å²) in [6.45, 7) is 3.18. The number of hydrogen-bond donors (Lipinski definition) is 1. The largest absolute Gasteiger partial charge is 0.496 e. The van der Waals surface area contributed by atoms with Crippen molar-refractivity contribution in [2.45, 2.75) is 44.2 Å². The first-order chi connectivity index (χ1) is 12.1. The number of benzene rings is 1. The van der Waals surface area contributed by atoms with Gasteiger partial charge >= 0.3 is 5.97 Å². The van der Waals surface area contributed by atoms with Crippen LogP contribution in [0.15, 0.2) is 18.2 Å². The maximum atomic E-state index is 13.5. The Labute approximate surface area is 148 Å². The zero-order valence-corrected chi connectivity index (χ0v) is 14.8. The summed E-state index contributed by atoms with van der Waals surface area (Å²) in [6, 6.07) is 3.93. The Morgan fingerprint density at radius 2 is 1.88 bits per heavy atom. The van der Waals surface area contributed by atoms with E-state index in [1.807, 2.05) is 4.90 Å². The predicted molar refractivity (Wildman–Crippen MR) is 93.3 cm³/mol. The number of hydrogen-bond acceptors (Lipinski definition) is 4. The zero-order chi connectivity index (χ0) is 17.8. The maximum absolute atomic E-state index is 13.5. The smallest absolute Gasteiger partial charge is 0.325 e. The molecule has 1 saturated heterocycles. The van der Waals surface area contributed by atoms with Crippen LogP contribution in [-0.4, -0.2) is 60.2 Å². The fourth-order valence-electron chi connectivity index (χ4n) is 4.20. The van der Waals surface area contributed by atoms with Crippen LogP contribution in [0.1, 0.15) is 43.7 Å². The first-order valence-electron chi connectivity index (χ1n) is 9.14. The number of ether oxygens (including phenoxy) is 1. The lowest BCUT2D eigenvalue weighted by Gasteiger charge is -2.42. The molecule has 3 rings (SSSR count). The fraction of sp³-hybridized carbons (Fsp3) is 0.632. The molecule has 25 heavy (non-hydrogen) atoms. The minimum absolute atomic E-state index is 0.294. The molecule has 1 heterocycles. The number of halogens is 1. The number of nitrogens with zero attached hydrogens (tertiary/aromatic N) is 2.